The second-order valence-corrected chi connectivity index (χ2v) is 10.4. The zero-order valence-electron chi connectivity index (χ0n) is 20.0. The van der Waals surface area contributed by atoms with E-state index in [0.717, 1.165) is 5.56 Å². The van der Waals surface area contributed by atoms with E-state index in [1.807, 2.05) is 44.2 Å². The van der Waals surface area contributed by atoms with Gasteiger partial charge in [-0.2, -0.15) is 4.31 Å². The van der Waals surface area contributed by atoms with Crippen LogP contribution >= 0.6 is 0 Å². The molecule has 1 N–H and O–H groups in total. The van der Waals surface area contributed by atoms with Crippen LogP contribution in [0.2, 0.25) is 0 Å². The maximum Gasteiger partial charge on any atom is 0.243 e. The summed E-state index contributed by atoms with van der Waals surface area (Å²) < 4.78 is 44.5. The molecule has 0 unspecified atom stereocenters. The van der Waals surface area contributed by atoms with Crippen molar-refractivity contribution in [1.82, 2.24) is 9.29 Å². The number of hydrogen-bond acceptors (Lipinski definition) is 7. The number of hydrogen-bond donors (Lipinski definition) is 1. The number of aromatic nitrogens is 1. The molecule has 0 radical (unpaired) electrons. The minimum absolute atomic E-state index is 0.0380. The van der Waals surface area contributed by atoms with Crippen molar-refractivity contribution < 1.29 is 27.1 Å². The molecule has 1 amide bonds. The van der Waals surface area contributed by atoms with Crippen LogP contribution in [0.4, 0.5) is 5.69 Å². The van der Waals surface area contributed by atoms with Crippen LogP contribution in [-0.4, -0.2) is 56.0 Å². The van der Waals surface area contributed by atoms with Gasteiger partial charge in [0.1, 0.15) is 11.5 Å². The lowest BCUT2D eigenvalue weighted by atomic mass is 10.2. The summed E-state index contributed by atoms with van der Waals surface area (Å²) in [5, 5.41) is 2.80. The standard InChI is InChI=1S/C25H29N3O6S/c1-17(2)33-23-10-9-20(35(30,31)28-11-13-32-14-12-28)15-22(23)26-24(29)16-21-18(3)34-25(27-21)19-7-5-4-6-8-19/h4-10,15,17H,11-14,16H2,1-3H3,(H,26,29). The SMILES string of the molecule is Cc1oc(-c2ccccc2)nc1CC(=O)Nc1cc(S(=O)(=O)N2CCOCC2)ccc1OC(C)C. The number of carbonyl (C=O) groups is 1. The molecule has 3 aromatic rings. The van der Waals surface area contributed by atoms with E-state index in [1.54, 1.807) is 13.0 Å². The van der Waals surface area contributed by atoms with Gasteiger partial charge in [0.25, 0.3) is 0 Å². The molecule has 0 spiro atoms. The zero-order chi connectivity index (χ0) is 25.0. The van der Waals surface area contributed by atoms with Gasteiger partial charge < -0.3 is 19.2 Å². The quantitative estimate of drug-likeness (QED) is 0.504. The highest BCUT2D eigenvalue weighted by molar-refractivity contribution is 7.89. The summed E-state index contributed by atoms with van der Waals surface area (Å²) in [5.41, 5.74) is 1.60. The number of rotatable bonds is 8. The summed E-state index contributed by atoms with van der Waals surface area (Å²) in [6, 6.07) is 13.9. The average Bonchev–Trinajstić information content (AvgIpc) is 3.21. The number of morpholine rings is 1. The van der Waals surface area contributed by atoms with Crippen LogP contribution in [0.15, 0.2) is 57.8 Å². The van der Waals surface area contributed by atoms with E-state index in [9.17, 15) is 13.2 Å². The Bertz CT molecular complexity index is 1280. The minimum atomic E-state index is -3.74. The molecule has 0 bridgehead atoms. The fourth-order valence-corrected chi connectivity index (χ4v) is 5.14. The molecular weight excluding hydrogens is 470 g/mol. The molecule has 1 aliphatic rings. The smallest absolute Gasteiger partial charge is 0.243 e. The molecule has 1 aromatic heterocycles. The Hall–Kier alpha value is -3.21. The molecule has 1 saturated heterocycles. The summed E-state index contributed by atoms with van der Waals surface area (Å²) in [5.74, 6) is 1.00. The van der Waals surface area contributed by atoms with Gasteiger partial charge in [0.05, 0.1) is 42.0 Å². The summed E-state index contributed by atoms with van der Waals surface area (Å²) in [6.07, 6.45) is -0.206. The number of nitrogens with one attached hydrogen (secondary N) is 1. The minimum Gasteiger partial charge on any atom is -0.489 e. The van der Waals surface area contributed by atoms with Gasteiger partial charge in [0, 0.05) is 18.7 Å². The van der Waals surface area contributed by atoms with Crippen LogP contribution in [0.5, 0.6) is 5.75 Å². The number of amides is 1. The van der Waals surface area contributed by atoms with Crippen molar-refractivity contribution in [2.45, 2.75) is 38.2 Å². The number of ether oxygens (including phenoxy) is 2. The van der Waals surface area contributed by atoms with E-state index in [2.05, 4.69) is 10.3 Å². The number of anilines is 1. The lowest BCUT2D eigenvalue weighted by molar-refractivity contribution is -0.115. The molecule has 4 rings (SSSR count). The van der Waals surface area contributed by atoms with Gasteiger partial charge in [0.2, 0.25) is 21.8 Å². The van der Waals surface area contributed by atoms with Crippen LogP contribution in [0.3, 0.4) is 0 Å². The maximum atomic E-state index is 13.1. The van der Waals surface area contributed by atoms with E-state index in [1.165, 1.54) is 16.4 Å². The van der Waals surface area contributed by atoms with Gasteiger partial charge >= 0.3 is 0 Å². The third-order valence-electron chi connectivity index (χ3n) is 5.44. The molecular formula is C25H29N3O6S. The number of nitrogens with zero attached hydrogens (tertiary/aromatic N) is 2. The molecule has 1 aliphatic heterocycles. The normalized spacial score (nSPS) is 14.7. The molecule has 0 saturated carbocycles. The molecule has 2 aromatic carbocycles. The van der Waals surface area contributed by atoms with Crippen LogP contribution in [0, 0.1) is 6.92 Å². The Morgan fingerprint density at radius 3 is 2.54 bits per heavy atom. The molecule has 10 heteroatoms. The van der Waals surface area contributed by atoms with Gasteiger partial charge in [-0.05, 0) is 51.1 Å². The Balaban J connectivity index is 1.57. The van der Waals surface area contributed by atoms with Gasteiger partial charge in [-0.25, -0.2) is 13.4 Å². The van der Waals surface area contributed by atoms with Gasteiger partial charge in [-0.15, -0.1) is 0 Å². The van der Waals surface area contributed by atoms with Crippen LogP contribution in [-0.2, 0) is 26.0 Å². The van der Waals surface area contributed by atoms with Crippen molar-refractivity contribution in [3.8, 4) is 17.2 Å². The Labute approximate surface area is 205 Å². The lowest BCUT2D eigenvalue weighted by Gasteiger charge is -2.26. The Kier molecular flexibility index (Phi) is 7.54. The summed E-state index contributed by atoms with van der Waals surface area (Å²) in [6.45, 7) is 6.72. The monoisotopic (exact) mass is 499 g/mol. The highest BCUT2D eigenvalue weighted by Crippen LogP contribution is 2.31. The largest absolute Gasteiger partial charge is 0.489 e. The number of oxazole rings is 1. The fourth-order valence-electron chi connectivity index (χ4n) is 3.70. The maximum absolute atomic E-state index is 13.1. The van der Waals surface area contributed by atoms with E-state index in [0.29, 0.717) is 36.3 Å². The first kappa shape index (κ1) is 24.9. The topological polar surface area (TPSA) is 111 Å². The first-order chi connectivity index (χ1) is 16.7. The van der Waals surface area contributed by atoms with Crippen molar-refractivity contribution in [3.63, 3.8) is 0 Å². The lowest BCUT2D eigenvalue weighted by Crippen LogP contribution is -2.40. The summed E-state index contributed by atoms with van der Waals surface area (Å²) in [7, 11) is -3.74. The van der Waals surface area contributed by atoms with Crippen molar-refractivity contribution in [3.05, 3.63) is 60.0 Å². The van der Waals surface area contributed by atoms with E-state index < -0.39 is 10.0 Å². The number of aryl methyl sites for hydroxylation is 1. The first-order valence-electron chi connectivity index (χ1n) is 11.4. The van der Waals surface area contributed by atoms with Gasteiger partial charge in [-0.1, -0.05) is 18.2 Å². The van der Waals surface area contributed by atoms with Crippen LogP contribution in [0.1, 0.15) is 25.3 Å². The highest BCUT2D eigenvalue weighted by atomic mass is 32.2. The molecule has 9 nitrogen and oxygen atoms in total. The predicted octanol–water partition coefficient (Wildman–Crippen LogP) is 3.64. The molecule has 1 fully saturated rings. The molecule has 0 atom stereocenters. The molecule has 0 aliphatic carbocycles. The summed E-state index contributed by atoms with van der Waals surface area (Å²) in [4.78, 5) is 17.5. The van der Waals surface area contributed by atoms with Crippen molar-refractivity contribution in [2.75, 3.05) is 31.6 Å². The second-order valence-electron chi connectivity index (χ2n) is 8.45. The first-order valence-corrected chi connectivity index (χ1v) is 12.9. The average molecular weight is 500 g/mol. The second kappa shape index (κ2) is 10.6. The van der Waals surface area contributed by atoms with Gasteiger partial charge in [0.15, 0.2) is 0 Å². The van der Waals surface area contributed by atoms with Crippen molar-refractivity contribution >= 4 is 21.6 Å². The summed E-state index contributed by atoms with van der Waals surface area (Å²) >= 11 is 0. The molecule has 186 valence electrons. The van der Waals surface area contributed by atoms with E-state index in [4.69, 9.17) is 13.9 Å². The van der Waals surface area contributed by atoms with Crippen LogP contribution in [0.25, 0.3) is 11.5 Å². The number of sulfonamides is 1. The van der Waals surface area contributed by atoms with Crippen LogP contribution < -0.4 is 10.1 Å². The highest BCUT2D eigenvalue weighted by Gasteiger charge is 2.27. The third kappa shape index (κ3) is 5.90. The number of carbonyl (C=O) groups excluding carboxylic acids is 1. The number of benzene rings is 2. The zero-order valence-corrected chi connectivity index (χ0v) is 20.8. The predicted molar refractivity (Wildman–Crippen MR) is 131 cm³/mol. The van der Waals surface area contributed by atoms with E-state index in [-0.39, 0.29) is 42.1 Å². The third-order valence-corrected chi connectivity index (χ3v) is 7.33. The molecule has 35 heavy (non-hydrogen) atoms. The van der Waals surface area contributed by atoms with Crippen molar-refractivity contribution in [2.24, 2.45) is 0 Å². The Morgan fingerprint density at radius 2 is 1.86 bits per heavy atom. The molecule has 2 heterocycles. The van der Waals surface area contributed by atoms with Gasteiger partial charge in [-0.3, -0.25) is 4.79 Å². The van der Waals surface area contributed by atoms with E-state index >= 15 is 0 Å². The fraction of sp³-hybridized carbons (Fsp3) is 0.360. The van der Waals surface area contributed by atoms with Crippen molar-refractivity contribution in [1.29, 1.82) is 0 Å². The Morgan fingerprint density at radius 1 is 1.14 bits per heavy atom.